The van der Waals surface area contributed by atoms with Gasteiger partial charge in [-0.05, 0) is 0 Å². The molecule has 0 spiro atoms. The van der Waals surface area contributed by atoms with E-state index in [1.807, 2.05) is 0 Å². The highest BCUT2D eigenvalue weighted by molar-refractivity contribution is 8.43. The van der Waals surface area contributed by atoms with Crippen molar-refractivity contribution in [3.8, 4) is 0 Å². The second-order valence-electron chi connectivity index (χ2n) is 1.28. The van der Waals surface area contributed by atoms with Gasteiger partial charge in [-0.2, -0.15) is 0 Å². The van der Waals surface area contributed by atoms with Crippen LogP contribution in [0.5, 0.6) is 0 Å². The van der Waals surface area contributed by atoms with E-state index in [0.717, 1.165) is 0 Å². The number of aliphatic carboxylic acids is 1. The Morgan fingerprint density at radius 2 is 2.50 bits per heavy atom. The normalized spacial score (nSPS) is 13.2. The van der Waals surface area contributed by atoms with Crippen molar-refractivity contribution in [3.63, 3.8) is 0 Å². The van der Waals surface area contributed by atoms with Crippen molar-refractivity contribution in [1.29, 1.82) is 0 Å². The van der Waals surface area contributed by atoms with Crippen LogP contribution in [0.15, 0.2) is 0 Å². The van der Waals surface area contributed by atoms with E-state index in [9.17, 15) is 4.79 Å². The minimum Gasteiger partial charge on any atom is -0.480 e. The maximum absolute atomic E-state index is 9.94. The van der Waals surface area contributed by atoms with Crippen molar-refractivity contribution in [2.45, 2.75) is 6.04 Å². The number of hydrogen-bond acceptors (Lipinski definition) is 3. The molecule has 0 fully saturated rings. The van der Waals surface area contributed by atoms with Crippen LogP contribution in [0.3, 0.4) is 0 Å². The molecule has 0 aromatic rings. The Balaban J connectivity index is 3.32. The van der Waals surface area contributed by atoms with Crippen LogP contribution < -0.4 is 5.73 Å². The topological polar surface area (TPSA) is 63.3 Å². The zero-order valence-electron chi connectivity index (χ0n) is 4.20. The zero-order chi connectivity index (χ0) is 6.57. The van der Waals surface area contributed by atoms with Gasteiger partial charge in [-0.3, -0.25) is 4.79 Å². The Kier molecular flexibility index (Phi) is 4.23. The molecule has 0 heterocycles. The first-order valence-corrected chi connectivity index (χ1v) is 4.45. The average molecular weight is 153 g/mol. The lowest BCUT2D eigenvalue weighted by Gasteiger charge is -2.00. The first-order valence-electron chi connectivity index (χ1n) is 1.98. The molecule has 0 rings (SSSR count). The van der Waals surface area contributed by atoms with E-state index in [1.165, 1.54) is 11.4 Å². The molecule has 0 radical (unpaired) electrons. The monoisotopic (exact) mass is 153 g/mol. The molecule has 5 heteroatoms. The highest BCUT2D eigenvalue weighted by atomic mass is 32.7. The van der Waals surface area contributed by atoms with E-state index in [4.69, 9.17) is 10.8 Å². The Morgan fingerprint density at radius 1 is 2.00 bits per heavy atom. The first-order chi connectivity index (χ1) is 3.68. The Labute approximate surface area is 54.0 Å². The van der Waals surface area contributed by atoms with Gasteiger partial charge >= 0.3 is 5.97 Å². The molecule has 3 nitrogen and oxygen atoms in total. The van der Waals surface area contributed by atoms with Gasteiger partial charge in [0.15, 0.2) is 0 Å². The summed E-state index contributed by atoms with van der Waals surface area (Å²) < 4.78 is 0. The molecule has 0 amide bonds. The number of carbonyl (C=O) groups is 1. The molecule has 0 aliphatic carbocycles. The van der Waals surface area contributed by atoms with Crippen molar-refractivity contribution in [1.82, 2.24) is 0 Å². The lowest BCUT2D eigenvalue weighted by Crippen LogP contribution is -2.31. The van der Waals surface area contributed by atoms with Gasteiger partial charge in [-0.1, -0.05) is 8.44 Å². The van der Waals surface area contributed by atoms with E-state index in [-0.39, 0.29) is 0 Å². The summed E-state index contributed by atoms with van der Waals surface area (Å²) in [5.41, 5.74) is 5.09. The van der Waals surface area contributed by atoms with Gasteiger partial charge in [0, 0.05) is 5.75 Å². The summed E-state index contributed by atoms with van der Waals surface area (Å²) in [7, 11) is 2.34. The fourth-order valence-corrected chi connectivity index (χ4v) is 1.15. The predicted octanol–water partition coefficient (Wildman–Crippen LogP) is -0.0784. The molecule has 0 saturated heterocycles. The third-order valence-corrected chi connectivity index (χ3v) is 1.72. The van der Waals surface area contributed by atoms with Gasteiger partial charge in [0.05, 0.1) is 0 Å². The molecule has 0 aromatic heterocycles. The van der Waals surface area contributed by atoms with E-state index < -0.39 is 12.0 Å². The number of carboxylic acids is 1. The third-order valence-electron chi connectivity index (χ3n) is 0.593. The lowest BCUT2D eigenvalue weighted by atomic mass is 10.4. The summed E-state index contributed by atoms with van der Waals surface area (Å²) in [4.78, 5) is 9.94. The van der Waals surface area contributed by atoms with E-state index >= 15 is 0 Å². The third kappa shape index (κ3) is 3.24. The molecular formula is C3H8NO2PS. The van der Waals surface area contributed by atoms with Crippen LogP contribution in [0.2, 0.25) is 0 Å². The maximum Gasteiger partial charge on any atom is 0.321 e. The van der Waals surface area contributed by atoms with Crippen LogP contribution in [0.25, 0.3) is 0 Å². The number of rotatable bonds is 3. The molecule has 8 heavy (non-hydrogen) atoms. The second kappa shape index (κ2) is 4.13. The van der Waals surface area contributed by atoms with E-state index in [2.05, 4.69) is 8.44 Å². The van der Waals surface area contributed by atoms with Crippen LogP contribution in [0, 0.1) is 0 Å². The molecule has 3 N–H and O–H groups in total. The molecule has 0 aliphatic rings. The molecular weight excluding hydrogens is 145 g/mol. The first kappa shape index (κ1) is 8.21. The molecule has 2 atom stereocenters. The predicted molar refractivity (Wildman–Crippen MR) is 37.8 cm³/mol. The summed E-state index contributed by atoms with van der Waals surface area (Å²) >= 11 is 1.35. The van der Waals surface area contributed by atoms with Crippen LogP contribution in [-0.2, 0) is 4.79 Å². The van der Waals surface area contributed by atoms with Crippen LogP contribution >= 0.6 is 19.8 Å². The van der Waals surface area contributed by atoms with Gasteiger partial charge in [0.25, 0.3) is 0 Å². The van der Waals surface area contributed by atoms with Crippen molar-refractivity contribution in [3.05, 3.63) is 0 Å². The number of hydrogen-bond donors (Lipinski definition) is 2. The molecule has 48 valence electrons. The largest absolute Gasteiger partial charge is 0.480 e. The van der Waals surface area contributed by atoms with Crippen molar-refractivity contribution in [2.75, 3.05) is 5.75 Å². The Morgan fingerprint density at radius 3 is 2.62 bits per heavy atom. The highest BCUT2D eigenvalue weighted by Crippen LogP contribution is 2.10. The van der Waals surface area contributed by atoms with E-state index in [1.54, 1.807) is 0 Å². The Hall–Kier alpha value is 0.210. The maximum atomic E-state index is 9.94. The molecule has 0 aromatic carbocycles. The SMILES string of the molecule is NC(CSP)C(=O)O. The zero-order valence-corrected chi connectivity index (χ0v) is 6.17. The van der Waals surface area contributed by atoms with Gasteiger partial charge in [0.2, 0.25) is 0 Å². The summed E-state index contributed by atoms with van der Waals surface area (Å²) in [6.07, 6.45) is 0. The molecule has 0 aliphatic heterocycles. The smallest absolute Gasteiger partial charge is 0.321 e. The minimum absolute atomic E-state index is 0.444. The summed E-state index contributed by atoms with van der Waals surface area (Å²) in [6, 6.07) is -0.725. The molecule has 0 saturated carbocycles. The van der Waals surface area contributed by atoms with Gasteiger partial charge < -0.3 is 10.8 Å². The van der Waals surface area contributed by atoms with Crippen molar-refractivity contribution < 1.29 is 9.90 Å². The average Bonchev–Trinajstić information content (AvgIpc) is 1.67. The standard InChI is InChI=1S/C3H8NO2PS/c4-2(1-8-7)3(5)6/h2H,1,4,7H2,(H,5,6). The van der Waals surface area contributed by atoms with Gasteiger partial charge in [0.1, 0.15) is 6.04 Å². The highest BCUT2D eigenvalue weighted by Gasteiger charge is 2.08. The van der Waals surface area contributed by atoms with Gasteiger partial charge in [-0.15, -0.1) is 11.4 Å². The van der Waals surface area contributed by atoms with E-state index in [0.29, 0.717) is 5.75 Å². The summed E-state index contributed by atoms with van der Waals surface area (Å²) in [6.45, 7) is 0. The second-order valence-corrected chi connectivity index (χ2v) is 2.94. The lowest BCUT2D eigenvalue weighted by molar-refractivity contribution is -0.137. The van der Waals surface area contributed by atoms with Crippen LogP contribution in [-0.4, -0.2) is 22.9 Å². The molecule has 0 bridgehead atoms. The summed E-state index contributed by atoms with van der Waals surface area (Å²) in [5, 5.41) is 8.17. The number of carboxylic acid groups (broad SMARTS) is 1. The van der Waals surface area contributed by atoms with Crippen molar-refractivity contribution in [2.24, 2.45) is 5.73 Å². The molecule has 2 unspecified atom stereocenters. The number of nitrogens with two attached hydrogens (primary N) is 1. The quantitative estimate of drug-likeness (QED) is 0.557. The summed E-state index contributed by atoms with van der Waals surface area (Å²) in [5.74, 6) is -0.500. The van der Waals surface area contributed by atoms with Gasteiger partial charge in [-0.25, -0.2) is 0 Å². The van der Waals surface area contributed by atoms with Crippen molar-refractivity contribution >= 4 is 25.8 Å². The van der Waals surface area contributed by atoms with Crippen LogP contribution in [0.4, 0.5) is 0 Å². The minimum atomic E-state index is -0.944. The fourth-order valence-electron chi connectivity index (χ4n) is 0.175. The van der Waals surface area contributed by atoms with Crippen LogP contribution in [0.1, 0.15) is 0 Å². The Bertz CT molecular complexity index is 89.4. The fraction of sp³-hybridized carbons (Fsp3) is 0.667.